The summed E-state index contributed by atoms with van der Waals surface area (Å²) in [4.78, 5) is 11.7. The second kappa shape index (κ2) is 6.58. The van der Waals surface area contributed by atoms with Gasteiger partial charge in [0.25, 0.3) is 0 Å². The van der Waals surface area contributed by atoms with Gasteiger partial charge in [0.2, 0.25) is 0 Å². The van der Waals surface area contributed by atoms with Crippen LogP contribution in [0.2, 0.25) is 0 Å². The lowest BCUT2D eigenvalue weighted by atomic mass is 9.87. The number of hydrogen-bond acceptors (Lipinski definition) is 3. The van der Waals surface area contributed by atoms with E-state index in [0.717, 1.165) is 12.0 Å². The first-order valence-corrected chi connectivity index (χ1v) is 7.03. The highest BCUT2D eigenvalue weighted by Crippen LogP contribution is 2.32. The summed E-state index contributed by atoms with van der Waals surface area (Å²) in [5.41, 5.74) is 0.914. The third kappa shape index (κ3) is 3.61. The summed E-state index contributed by atoms with van der Waals surface area (Å²) in [5.74, 6) is 5.84. The summed E-state index contributed by atoms with van der Waals surface area (Å²) < 4.78 is 5.35. The molecule has 0 aliphatic carbocycles. The molecule has 20 heavy (non-hydrogen) atoms. The van der Waals surface area contributed by atoms with E-state index in [1.807, 2.05) is 37.3 Å². The van der Waals surface area contributed by atoms with Crippen molar-refractivity contribution in [2.75, 3.05) is 0 Å². The SMILES string of the molecule is CC(O)CC[C@H]1[C@H](C)C(=O)O[C@@H]1C#Cc1ccccc1. The van der Waals surface area contributed by atoms with Crippen LogP contribution in [0.15, 0.2) is 30.3 Å². The van der Waals surface area contributed by atoms with Crippen molar-refractivity contribution >= 4 is 5.97 Å². The summed E-state index contributed by atoms with van der Waals surface area (Å²) in [6, 6.07) is 9.65. The average molecular weight is 272 g/mol. The van der Waals surface area contributed by atoms with Crippen molar-refractivity contribution in [3.63, 3.8) is 0 Å². The third-order valence-electron chi connectivity index (χ3n) is 3.70. The van der Waals surface area contributed by atoms with Crippen molar-refractivity contribution in [3.05, 3.63) is 35.9 Å². The zero-order valence-electron chi connectivity index (χ0n) is 11.9. The molecule has 0 spiro atoms. The maximum Gasteiger partial charge on any atom is 0.310 e. The Kier molecular flexibility index (Phi) is 4.81. The number of ether oxygens (including phenoxy) is 1. The molecule has 1 aliphatic heterocycles. The maximum absolute atomic E-state index is 11.7. The maximum atomic E-state index is 11.7. The predicted molar refractivity (Wildman–Crippen MR) is 76.8 cm³/mol. The van der Waals surface area contributed by atoms with Gasteiger partial charge in [-0.3, -0.25) is 4.79 Å². The first-order valence-electron chi connectivity index (χ1n) is 7.03. The van der Waals surface area contributed by atoms with Crippen LogP contribution in [0, 0.1) is 23.7 Å². The van der Waals surface area contributed by atoms with Crippen LogP contribution in [-0.2, 0) is 9.53 Å². The molecule has 4 atom stereocenters. The van der Waals surface area contributed by atoms with E-state index in [4.69, 9.17) is 4.74 Å². The van der Waals surface area contributed by atoms with Gasteiger partial charge in [0.1, 0.15) is 0 Å². The van der Waals surface area contributed by atoms with E-state index in [-0.39, 0.29) is 30.0 Å². The average Bonchev–Trinajstić information content (AvgIpc) is 2.71. The van der Waals surface area contributed by atoms with E-state index in [9.17, 15) is 9.90 Å². The molecule has 106 valence electrons. The van der Waals surface area contributed by atoms with Crippen LogP contribution in [-0.4, -0.2) is 23.3 Å². The highest BCUT2D eigenvalue weighted by molar-refractivity contribution is 5.75. The Hall–Kier alpha value is -1.79. The lowest BCUT2D eigenvalue weighted by molar-refractivity contribution is -0.142. The zero-order valence-corrected chi connectivity index (χ0v) is 11.9. The number of esters is 1. The summed E-state index contributed by atoms with van der Waals surface area (Å²) >= 11 is 0. The standard InChI is InChI=1S/C17H20O3/c1-12(18)8-10-15-13(2)17(19)20-16(15)11-9-14-6-4-3-5-7-14/h3-7,12-13,15-16,18H,8,10H2,1-2H3/t12?,13-,15-,16+/m0/s1. The fraction of sp³-hybridized carbons (Fsp3) is 0.471. The fourth-order valence-corrected chi connectivity index (χ4v) is 2.40. The van der Waals surface area contributed by atoms with Gasteiger partial charge in [0, 0.05) is 11.5 Å². The minimum atomic E-state index is -0.364. The monoisotopic (exact) mass is 272 g/mol. The number of cyclic esters (lactones) is 1. The molecule has 1 aliphatic rings. The molecule has 0 aromatic heterocycles. The molecule has 1 aromatic carbocycles. The van der Waals surface area contributed by atoms with Crippen molar-refractivity contribution in [1.82, 2.24) is 0 Å². The molecule has 3 heteroatoms. The molecule has 1 unspecified atom stereocenters. The van der Waals surface area contributed by atoms with Gasteiger partial charge in [-0.15, -0.1) is 0 Å². The lowest BCUT2D eigenvalue weighted by Crippen LogP contribution is -2.19. The summed E-state index contributed by atoms with van der Waals surface area (Å²) in [6.07, 6.45) is 0.686. The van der Waals surface area contributed by atoms with Gasteiger partial charge in [-0.25, -0.2) is 0 Å². The molecule has 1 aromatic rings. The number of rotatable bonds is 3. The summed E-state index contributed by atoms with van der Waals surface area (Å²) in [6.45, 7) is 3.63. The number of carbonyl (C=O) groups excluding carboxylic acids is 1. The van der Waals surface area contributed by atoms with E-state index in [0.29, 0.717) is 6.42 Å². The van der Waals surface area contributed by atoms with E-state index in [2.05, 4.69) is 11.8 Å². The minimum Gasteiger partial charge on any atom is -0.449 e. The second-order valence-electron chi connectivity index (χ2n) is 5.37. The second-order valence-corrected chi connectivity index (χ2v) is 5.37. The van der Waals surface area contributed by atoms with Gasteiger partial charge in [0.05, 0.1) is 12.0 Å². The third-order valence-corrected chi connectivity index (χ3v) is 3.70. The van der Waals surface area contributed by atoms with Crippen molar-refractivity contribution in [1.29, 1.82) is 0 Å². The van der Waals surface area contributed by atoms with Gasteiger partial charge >= 0.3 is 5.97 Å². The van der Waals surface area contributed by atoms with Gasteiger partial charge in [0.15, 0.2) is 6.10 Å². The molecule has 2 rings (SSSR count). The highest BCUT2D eigenvalue weighted by atomic mass is 16.6. The normalized spacial score (nSPS) is 26.6. The molecule has 1 N–H and O–H groups in total. The Morgan fingerprint density at radius 2 is 2.05 bits per heavy atom. The Balaban J connectivity index is 2.09. The van der Waals surface area contributed by atoms with Gasteiger partial charge in [-0.1, -0.05) is 37.0 Å². The molecular formula is C17H20O3. The molecule has 0 radical (unpaired) electrons. The molecule has 1 fully saturated rings. The van der Waals surface area contributed by atoms with Gasteiger partial charge in [-0.2, -0.15) is 0 Å². The van der Waals surface area contributed by atoms with Crippen LogP contribution in [0.3, 0.4) is 0 Å². The van der Waals surface area contributed by atoms with Crippen LogP contribution in [0.4, 0.5) is 0 Å². The minimum absolute atomic E-state index is 0.0633. The first-order chi connectivity index (χ1) is 9.58. The number of aliphatic hydroxyl groups excluding tert-OH is 1. The lowest BCUT2D eigenvalue weighted by Gasteiger charge is -2.15. The van der Waals surface area contributed by atoms with E-state index in [1.165, 1.54) is 0 Å². The van der Waals surface area contributed by atoms with Crippen molar-refractivity contribution in [2.45, 2.75) is 38.9 Å². The topological polar surface area (TPSA) is 46.5 Å². The van der Waals surface area contributed by atoms with Crippen molar-refractivity contribution in [2.24, 2.45) is 11.8 Å². The molecule has 0 bridgehead atoms. The van der Waals surface area contributed by atoms with Crippen molar-refractivity contribution < 1.29 is 14.6 Å². The van der Waals surface area contributed by atoms with Crippen LogP contribution in [0.25, 0.3) is 0 Å². The number of benzene rings is 1. The van der Waals surface area contributed by atoms with Crippen LogP contribution in [0.5, 0.6) is 0 Å². The molecule has 1 saturated heterocycles. The molecule has 3 nitrogen and oxygen atoms in total. The van der Waals surface area contributed by atoms with Crippen LogP contribution >= 0.6 is 0 Å². The molecule has 1 heterocycles. The zero-order chi connectivity index (χ0) is 14.5. The van der Waals surface area contributed by atoms with E-state index in [1.54, 1.807) is 6.92 Å². The van der Waals surface area contributed by atoms with Gasteiger partial charge in [-0.05, 0) is 31.9 Å². The molecular weight excluding hydrogens is 252 g/mol. The summed E-state index contributed by atoms with van der Waals surface area (Å²) in [5, 5.41) is 9.40. The van der Waals surface area contributed by atoms with Gasteiger partial charge < -0.3 is 9.84 Å². The van der Waals surface area contributed by atoms with E-state index < -0.39 is 0 Å². The quantitative estimate of drug-likeness (QED) is 0.679. The number of hydrogen-bond donors (Lipinski definition) is 1. The Bertz CT molecular complexity index is 510. The number of aliphatic hydroxyl groups is 1. The first kappa shape index (κ1) is 14.6. The largest absolute Gasteiger partial charge is 0.449 e. The predicted octanol–water partition coefficient (Wildman–Crippen LogP) is 2.38. The van der Waals surface area contributed by atoms with E-state index >= 15 is 0 Å². The Labute approximate surface area is 120 Å². The highest BCUT2D eigenvalue weighted by Gasteiger charge is 2.40. The number of carbonyl (C=O) groups is 1. The molecule has 0 saturated carbocycles. The summed E-state index contributed by atoms with van der Waals surface area (Å²) in [7, 11) is 0. The fourth-order valence-electron chi connectivity index (χ4n) is 2.40. The molecule has 0 amide bonds. The van der Waals surface area contributed by atoms with Crippen LogP contribution in [0.1, 0.15) is 32.3 Å². The Morgan fingerprint density at radius 3 is 2.70 bits per heavy atom. The van der Waals surface area contributed by atoms with Crippen LogP contribution < -0.4 is 0 Å². The Morgan fingerprint density at radius 1 is 1.35 bits per heavy atom. The van der Waals surface area contributed by atoms with Crippen molar-refractivity contribution in [3.8, 4) is 11.8 Å². The smallest absolute Gasteiger partial charge is 0.310 e.